The molecule has 1 fully saturated rings. The van der Waals surface area contributed by atoms with E-state index in [4.69, 9.17) is 10.5 Å². The molecule has 1 aliphatic heterocycles. The lowest BCUT2D eigenvalue weighted by Crippen LogP contribution is -2.48. The minimum atomic E-state index is 0.112. The summed E-state index contributed by atoms with van der Waals surface area (Å²) < 4.78 is 5.12. The average molecular weight is 214 g/mol. The van der Waals surface area contributed by atoms with E-state index in [1.165, 1.54) is 0 Å². The number of hydrogen-bond donors (Lipinski definition) is 2. The molecule has 0 bridgehead atoms. The first kappa shape index (κ1) is 12.5. The van der Waals surface area contributed by atoms with Crippen LogP contribution >= 0.6 is 0 Å². The molecule has 1 saturated heterocycles. The normalized spacial score (nSPS) is 20.5. The largest absolute Gasteiger partial charge is 0.380 e. The maximum atomic E-state index is 11.6. The van der Waals surface area contributed by atoms with Crippen LogP contribution in [0.2, 0.25) is 0 Å². The molecule has 1 aliphatic rings. The summed E-state index contributed by atoms with van der Waals surface area (Å²) in [5.41, 5.74) is 5.70. The summed E-state index contributed by atoms with van der Waals surface area (Å²) in [6, 6.07) is 0. The predicted molar refractivity (Wildman–Crippen MR) is 59.4 cm³/mol. The van der Waals surface area contributed by atoms with Gasteiger partial charge in [0.15, 0.2) is 0 Å². The van der Waals surface area contributed by atoms with Gasteiger partial charge < -0.3 is 15.8 Å². The summed E-state index contributed by atoms with van der Waals surface area (Å²) in [6.07, 6.45) is 1.51. The van der Waals surface area contributed by atoms with E-state index in [0.29, 0.717) is 25.4 Å². The number of ether oxygens (including phenoxy) is 1. The van der Waals surface area contributed by atoms with Gasteiger partial charge in [0.05, 0.1) is 13.2 Å². The van der Waals surface area contributed by atoms with Crippen molar-refractivity contribution in [1.82, 2.24) is 5.32 Å². The van der Waals surface area contributed by atoms with Crippen molar-refractivity contribution >= 4 is 5.91 Å². The minimum Gasteiger partial charge on any atom is -0.380 e. The molecule has 4 heteroatoms. The molecule has 4 nitrogen and oxygen atoms in total. The lowest BCUT2D eigenvalue weighted by atomic mass is 9.88. The minimum absolute atomic E-state index is 0.112. The Morgan fingerprint density at radius 1 is 1.60 bits per heavy atom. The van der Waals surface area contributed by atoms with E-state index >= 15 is 0 Å². The molecule has 88 valence electrons. The van der Waals surface area contributed by atoms with Gasteiger partial charge in [0.2, 0.25) is 5.91 Å². The Morgan fingerprint density at radius 2 is 2.27 bits per heavy atom. The van der Waals surface area contributed by atoms with Crippen molar-refractivity contribution < 1.29 is 9.53 Å². The third-order valence-electron chi connectivity index (χ3n) is 3.00. The van der Waals surface area contributed by atoms with E-state index in [9.17, 15) is 4.79 Å². The van der Waals surface area contributed by atoms with Gasteiger partial charge in [0.1, 0.15) is 0 Å². The number of nitrogens with one attached hydrogen (secondary N) is 1. The third-order valence-corrected chi connectivity index (χ3v) is 3.00. The third kappa shape index (κ3) is 3.80. The molecule has 0 saturated carbocycles. The van der Waals surface area contributed by atoms with Crippen molar-refractivity contribution in [3.8, 4) is 0 Å². The van der Waals surface area contributed by atoms with Gasteiger partial charge in [-0.25, -0.2) is 0 Å². The fraction of sp³-hybridized carbons (Fsp3) is 0.909. The molecule has 0 aromatic rings. The van der Waals surface area contributed by atoms with E-state index in [1.54, 1.807) is 0 Å². The second-order valence-corrected chi connectivity index (χ2v) is 4.79. The van der Waals surface area contributed by atoms with Gasteiger partial charge in [-0.2, -0.15) is 0 Å². The Balaban J connectivity index is 2.18. The van der Waals surface area contributed by atoms with Crippen LogP contribution in [-0.2, 0) is 9.53 Å². The predicted octanol–water partition coefficient (Wildman–Crippen LogP) is 0.514. The van der Waals surface area contributed by atoms with Crippen molar-refractivity contribution in [2.45, 2.75) is 26.7 Å². The summed E-state index contributed by atoms with van der Waals surface area (Å²) in [6.45, 7) is 6.99. The van der Waals surface area contributed by atoms with E-state index < -0.39 is 0 Å². The molecule has 1 unspecified atom stereocenters. The van der Waals surface area contributed by atoms with Crippen LogP contribution < -0.4 is 11.1 Å². The summed E-state index contributed by atoms with van der Waals surface area (Å²) in [4.78, 5) is 11.6. The highest BCUT2D eigenvalue weighted by Gasteiger charge is 2.33. The second kappa shape index (κ2) is 5.47. The highest BCUT2D eigenvalue weighted by molar-refractivity contribution is 5.76. The van der Waals surface area contributed by atoms with Gasteiger partial charge in [-0.1, -0.05) is 20.3 Å². The first-order valence-corrected chi connectivity index (χ1v) is 5.64. The molecule has 0 aromatic heterocycles. The average Bonchev–Trinajstić information content (AvgIpc) is 2.20. The Kier molecular flexibility index (Phi) is 4.54. The van der Waals surface area contributed by atoms with E-state index in [0.717, 1.165) is 19.6 Å². The quantitative estimate of drug-likeness (QED) is 0.677. The van der Waals surface area contributed by atoms with Crippen LogP contribution in [0.3, 0.4) is 0 Å². The van der Waals surface area contributed by atoms with Crippen LogP contribution in [0, 0.1) is 11.3 Å². The fourth-order valence-electron chi connectivity index (χ4n) is 1.59. The summed E-state index contributed by atoms with van der Waals surface area (Å²) in [5.74, 6) is 0.427. The Bertz CT molecular complexity index is 211. The van der Waals surface area contributed by atoms with E-state index in [2.05, 4.69) is 19.2 Å². The van der Waals surface area contributed by atoms with Crippen LogP contribution in [0.15, 0.2) is 0 Å². The van der Waals surface area contributed by atoms with Crippen molar-refractivity contribution in [3.63, 3.8) is 0 Å². The first-order chi connectivity index (χ1) is 7.09. The molecule has 1 rings (SSSR count). The van der Waals surface area contributed by atoms with E-state index in [-0.39, 0.29) is 11.3 Å². The number of hydrogen-bond acceptors (Lipinski definition) is 3. The van der Waals surface area contributed by atoms with Crippen molar-refractivity contribution in [1.29, 1.82) is 0 Å². The maximum absolute atomic E-state index is 11.6. The van der Waals surface area contributed by atoms with Gasteiger partial charge in [0, 0.05) is 18.4 Å². The van der Waals surface area contributed by atoms with Gasteiger partial charge >= 0.3 is 0 Å². The zero-order chi connectivity index (χ0) is 11.3. The first-order valence-electron chi connectivity index (χ1n) is 5.64. The number of carbonyl (C=O) groups is 1. The highest BCUT2D eigenvalue weighted by Crippen LogP contribution is 2.25. The second-order valence-electron chi connectivity index (χ2n) is 4.79. The molecule has 1 heterocycles. The lowest BCUT2D eigenvalue weighted by molar-refractivity contribution is -0.127. The summed E-state index contributed by atoms with van der Waals surface area (Å²) in [7, 11) is 0. The molecular weight excluding hydrogens is 192 g/mol. The highest BCUT2D eigenvalue weighted by atomic mass is 16.5. The van der Waals surface area contributed by atoms with Crippen molar-refractivity contribution in [3.05, 3.63) is 0 Å². The number of carbonyl (C=O) groups excluding carboxylic acids is 1. The van der Waals surface area contributed by atoms with Gasteiger partial charge in [-0.15, -0.1) is 0 Å². The van der Waals surface area contributed by atoms with Gasteiger partial charge in [-0.05, 0) is 12.5 Å². The molecule has 0 aromatic carbocycles. The lowest BCUT2D eigenvalue weighted by Gasteiger charge is -2.38. The fourth-order valence-corrected chi connectivity index (χ4v) is 1.59. The standard InChI is InChI=1S/C11H22N2O2/c1-3-9(5-12)4-10(14)13-6-11(2)7-15-8-11/h9H,3-8,12H2,1-2H3,(H,13,14). The zero-order valence-corrected chi connectivity index (χ0v) is 9.71. The molecule has 15 heavy (non-hydrogen) atoms. The molecule has 1 atom stereocenters. The van der Waals surface area contributed by atoms with E-state index in [1.807, 2.05) is 0 Å². The number of nitrogens with two attached hydrogens (primary N) is 1. The SMILES string of the molecule is CCC(CN)CC(=O)NCC1(C)COC1. The van der Waals surface area contributed by atoms with Gasteiger partial charge in [0.25, 0.3) is 0 Å². The molecule has 0 radical (unpaired) electrons. The molecule has 0 spiro atoms. The number of amides is 1. The molecule has 0 aliphatic carbocycles. The van der Waals surface area contributed by atoms with Crippen LogP contribution in [0.25, 0.3) is 0 Å². The zero-order valence-electron chi connectivity index (χ0n) is 9.71. The smallest absolute Gasteiger partial charge is 0.220 e. The summed E-state index contributed by atoms with van der Waals surface area (Å²) in [5, 5.41) is 2.95. The topological polar surface area (TPSA) is 64.4 Å². The Morgan fingerprint density at radius 3 is 2.67 bits per heavy atom. The molecule has 3 N–H and O–H groups in total. The van der Waals surface area contributed by atoms with Crippen molar-refractivity contribution in [2.24, 2.45) is 17.1 Å². The summed E-state index contributed by atoms with van der Waals surface area (Å²) >= 11 is 0. The van der Waals surface area contributed by atoms with Crippen LogP contribution in [-0.4, -0.2) is 32.2 Å². The van der Waals surface area contributed by atoms with Crippen LogP contribution in [0.5, 0.6) is 0 Å². The Labute approximate surface area is 91.5 Å². The van der Waals surface area contributed by atoms with Crippen molar-refractivity contribution in [2.75, 3.05) is 26.3 Å². The Hall–Kier alpha value is -0.610. The monoisotopic (exact) mass is 214 g/mol. The maximum Gasteiger partial charge on any atom is 0.220 e. The molecule has 1 amide bonds. The number of rotatable bonds is 6. The molecular formula is C11H22N2O2. The van der Waals surface area contributed by atoms with Crippen LogP contribution in [0.4, 0.5) is 0 Å². The van der Waals surface area contributed by atoms with Gasteiger partial charge in [-0.3, -0.25) is 4.79 Å². The van der Waals surface area contributed by atoms with Crippen LogP contribution in [0.1, 0.15) is 26.7 Å².